The third kappa shape index (κ3) is 5.52. The molecule has 0 saturated heterocycles. The summed E-state index contributed by atoms with van der Waals surface area (Å²) in [6.45, 7) is 8.83. The van der Waals surface area contributed by atoms with Gasteiger partial charge in [-0.1, -0.05) is 56.3 Å². The molecule has 1 aliphatic rings. The van der Waals surface area contributed by atoms with Crippen molar-refractivity contribution in [3.63, 3.8) is 0 Å². The molecular weight excluding hydrogens is 388 g/mol. The van der Waals surface area contributed by atoms with Crippen molar-refractivity contribution in [1.82, 2.24) is 0 Å². The van der Waals surface area contributed by atoms with Crippen LogP contribution < -0.4 is 0 Å². The lowest BCUT2D eigenvalue weighted by molar-refractivity contribution is -0.141. The normalized spacial score (nSPS) is 14.6. The average molecular weight is 419 g/mol. The maximum atomic E-state index is 12.1. The molecule has 0 spiro atoms. The molecule has 0 radical (unpaired) electrons. The predicted molar refractivity (Wildman–Crippen MR) is 125 cm³/mol. The number of carbonyl (C=O) groups excluding carboxylic acids is 2. The van der Waals surface area contributed by atoms with Crippen LogP contribution in [0, 0.1) is 0 Å². The van der Waals surface area contributed by atoms with Crippen molar-refractivity contribution < 1.29 is 19.1 Å². The van der Waals surface area contributed by atoms with Crippen LogP contribution in [0.15, 0.2) is 48.5 Å². The van der Waals surface area contributed by atoms with Gasteiger partial charge >= 0.3 is 11.9 Å². The second-order valence-electron chi connectivity index (χ2n) is 8.28. The summed E-state index contributed by atoms with van der Waals surface area (Å²) >= 11 is 0. The first-order valence-electron chi connectivity index (χ1n) is 10.8. The topological polar surface area (TPSA) is 52.6 Å². The van der Waals surface area contributed by atoms with Crippen LogP contribution in [-0.2, 0) is 19.7 Å². The first kappa shape index (κ1) is 22.5. The lowest BCUT2D eigenvalue weighted by atomic mass is 9.72. The third-order valence-corrected chi connectivity index (χ3v) is 5.51. The van der Waals surface area contributed by atoms with Crippen molar-refractivity contribution >= 4 is 29.7 Å². The number of fused-ring (bicyclic) bond motifs is 1. The van der Waals surface area contributed by atoms with Gasteiger partial charge in [0.25, 0.3) is 0 Å². The molecule has 31 heavy (non-hydrogen) atoms. The molecule has 0 unspecified atom stereocenters. The Bertz CT molecular complexity index is 1010. The van der Waals surface area contributed by atoms with Crippen LogP contribution in [0.4, 0.5) is 0 Å². The van der Waals surface area contributed by atoms with E-state index in [9.17, 15) is 9.59 Å². The summed E-state index contributed by atoms with van der Waals surface area (Å²) in [5.41, 5.74) is 6.02. The molecule has 0 aromatic heterocycles. The maximum absolute atomic E-state index is 12.1. The largest absolute Gasteiger partial charge is 0.466 e. The Balaban J connectivity index is 1.83. The molecule has 0 atom stereocenters. The van der Waals surface area contributed by atoms with Gasteiger partial charge in [-0.25, -0.2) is 4.79 Å². The van der Waals surface area contributed by atoms with Crippen LogP contribution in [0.2, 0.25) is 0 Å². The second-order valence-corrected chi connectivity index (χ2v) is 8.28. The molecule has 4 heteroatoms. The van der Waals surface area contributed by atoms with E-state index in [1.54, 1.807) is 19.1 Å². The van der Waals surface area contributed by atoms with Gasteiger partial charge in [0.2, 0.25) is 0 Å². The summed E-state index contributed by atoms with van der Waals surface area (Å²) in [7, 11) is 0. The monoisotopic (exact) mass is 418 g/mol. The zero-order valence-electron chi connectivity index (χ0n) is 18.7. The number of rotatable bonds is 7. The molecule has 1 aliphatic carbocycles. The van der Waals surface area contributed by atoms with Crippen LogP contribution >= 0.6 is 0 Å². The highest BCUT2D eigenvalue weighted by atomic mass is 16.5. The molecule has 2 aromatic rings. The fourth-order valence-electron chi connectivity index (χ4n) is 3.79. The van der Waals surface area contributed by atoms with Gasteiger partial charge in [-0.2, -0.15) is 0 Å². The van der Waals surface area contributed by atoms with Crippen molar-refractivity contribution in [3.8, 4) is 0 Å². The molecule has 4 nitrogen and oxygen atoms in total. The highest BCUT2D eigenvalue weighted by molar-refractivity contribution is 5.90. The first-order chi connectivity index (χ1) is 14.8. The van der Waals surface area contributed by atoms with E-state index in [1.807, 2.05) is 31.2 Å². The van der Waals surface area contributed by atoms with Gasteiger partial charge in [0.15, 0.2) is 0 Å². The smallest absolute Gasteiger partial charge is 0.338 e. The number of hydrogen-bond donors (Lipinski definition) is 0. The van der Waals surface area contributed by atoms with Gasteiger partial charge in [-0.05, 0) is 71.7 Å². The zero-order valence-corrected chi connectivity index (χ0v) is 18.7. The molecular formula is C27H30O4. The van der Waals surface area contributed by atoms with E-state index in [-0.39, 0.29) is 17.4 Å². The van der Waals surface area contributed by atoms with Crippen LogP contribution in [0.5, 0.6) is 0 Å². The fourth-order valence-corrected chi connectivity index (χ4v) is 3.79. The van der Waals surface area contributed by atoms with Crippen molar-refractivity contribution in [2.24, 2.45) is 0 Å². The summed E-state index contributed by atoms with van der Waals surface area (Å²) in [5.74, 6) is -0.502. The molecule has 0 saturated carbocycles. The summed E-state index contributed by atoms with van der Waals surface area (Å²) in [4.78, 5) is 23.9. The van der Waals surface area contributed by atoms with Crippen LogP contribution in [0.1, 0.15) is 73.1 Å². The lowest BCUT2D eigenvalue weighted by Crippen LogP contribution is -2.22. The van der Waals surface area contributed by atoms with Crippen LogP contribution in [-0.4, -0.2) is 25.2 Å². The molecule has 0 fully saturated rings. The number of carbonyl (C=O) groups is 2. The van der Waals surface area contributed by atoms with Crippen molar-refractivity contribution in [1.29, 1.82) is 0 Å². The van der Waals surface area contributed by atoms with Gasteiger partial charge in [0.05, 0.1) is 25.2 Å². The Kier molecular flexibility index (Phi) is 7.11. The molecule has 0 N–H and O–H groups in total. The van der Waals surface area contributed by atoms with E-state index in [0.717, 1.165) is 28.7 Å². The SMILES string of the molecule is CCOC(=O)CC1=CCC(C)(C)c2ccc(C=Cc3ccc(C(=O)OCC)cc3)cc21. The number of benzene rings is 2. The van der Waals surface area contributed by atoms with Gasteiger partial charge in [-0.15, -0.1) is 0 Å². The minimum absolute atomic E-state index is 0.0265. The fraction of sp³-hybridized carbons (Fsp3) is 0.333. The summed E-state index contributed by atoms with van der Waals surface area (Å²) in [5, 5.41) is 0. The number of hydrogen-bond acceptors (Lipinski definition) is 4. The quantitative estimate of drug-likeness (QED) is 0.406. The number of esters is 2. The standard InChI is InChI=1S/C27H30O4/c1-5-30-25(28)18-22-15-16-27(3,4)24-14-11-20(17-23(22)24)8-7-19-9-12-21(13-10-19)26(29)31-6-2/h7-15,17H,5-6,16,18H2,1-4H3. The summed E-state index contributed by atoms with van der Waals surface area (Å²) < 4.78 is 10.2. The molecule has 0 aliphatic heterocycles. The highest BCUT2D eigenvalue weighted by Crippen LogP contribution is 2.40. The van der Waals surface area contributed by atoms with E-state index in [4.69, 9.17) is 9.47 Å². The van der Waals surface area contributed by atoms with E-state index in [1.165, 1.54) is 5.56 Å². The van der Waals surface area contributed by atoms with E-state index in [2.05, 4.69) is 38.1 Å². The molecule has 2 aromatic carbocycles. The average Bonchev–Trinajstić information content (AvgIpc) is 2.75. The van der Waals surface area contributed by atoms with Crippen molar-refractivity contribution in [2.75, 3.05) is 13.2 Å². The first-order valence-corrected chi connectivity index (χ1v) is 10.8. The summed E-state index contributed by atoms with van der Waals surface area (Å²) in [6.07, 6.45) is 7.42. The Morgan fingerprint density at radius 3 is 2.26 bits per heavy atom. The minimum atomic E-state index is -0.309. The molecule has 0 bridgehead atoms. The second kappa shape index (κ2) is 9.78. The van der Waals surface area contributed by atoms with Crippen LogP contribution in [0.3, 0.4) is 0 Å². The Morgan fingerprint density at radius 2 is 1.58 bits per heavy atom. The Hall–Kier alpha value is -3.14. The molecule has 0 amide bonds. The molecule has 3 rings (SSSR count). The lowest BCUT2D eigenvalue weighted by Gasteiger charge is -2.32. The van der Waals surface area contributed by atoms with Crippen molar-refractivity contribution in [2.45, 2.75) is 46.0 Å². The van der Waals surface area contributed by atoms with E-state index >= 15 is 0 Å². The molecule has 162 valence electrons. The van der Waals surface area contributed by atoms with Gasteiger partial charge < -0.3 is 9.47 Å². The van der Waals surface area contributed by atoms with E-state index < -0.39 is 0 Å². The van der Waals surface area contributed by atoms with Gasteiger partial charge in [0, 0.05) is 0 Å². The zero-order chi connectivity index (χ0) is 22.4. The Morgan fingerprint density at radius 1 is 0.935 bits per heavy atom. The van der Waals surface area contributed by atoms with Crippen molar-refractivity contribution in [3.05, 3.63) is 76.4 Å². The predicted octanol–water partition coefficient (Wildman–Crippen LogP) is 6.05. The Labute approximate surface area is 184 Å². The minimum Gasteiger partial charge on any atom is -0.466 e. The van der Waals surface area contributed by atoms with E-state index in [0.29, 0.717) is 25.2 Å². The third-order valence-electron chi connectivity index (χ3n) is 5.51. The van der Waals surface area contributed by atoms with Crippen LogP contribution in [0.25, 0.3) is 17.7 Å². The van der Waals surface area contributed by atoms with Gasteiger partial charge in [-0.3, -0.25) is 4.79 Å². The summed E-state index contributed by atoms with van der Waals surface area (Å²) in [6, 6.07) is 13.8. The highest BCUT2D eigenvalue weighted by Gasteiger charge is 2.28. The molecule has 0 heterocycles. The number of ether oxygens (including phenoxy) is 2. The number of allylic oxidation sites excluding steroid dienone is 1. The maximum Gasteiger partial charge on any atom is 0.338 e. The van der Waals surface area contributed by atoms with Gasteiger partial charge in [0.1, 0.15) is 0 Å².